The molecule has 0 fully saturated rings. The van der Waals surface area contributed by atoms with E-state index in [0.717, 1.165) is 11.1 Å². The van der Waals surface area contributed by atoms with Gasteiger partial charge in [0.1, 0.15) is 0 Å². The summed E-state index contributed by atoms with van der Waals surface area (Å²) in [5.41, 5.74) is 7.85. The van der Waals surface area contributed by atoms with E-state index in [9.17, 15) is 9.59 Å². The van der Waals surface area contributed by atoms with Crippen LogP contribution in [-0.4, -0.2) is 25.0 Å². The maximum Gasteiger partial charge on any atom is 0.315 e. The van der Waals surface area contributed by atoms with Crippen LogP contribution in [0.3, 0.4) is 0 Å². The Kier molecular flexibility index (Phi) is 6.51. The summed E-state index contributed by atoms with van der Waals surface area (Å²) in [4.78, 5) is 24.5. The molecule has 2 rings (SSSR count). The van der Waals surface area contributed by atoms with E-state index in [2.05, 4.69) is 5.32 Å². The normalized spacial score (nSPS) is 11.6. The minimum atomic E-state index is -0.529. The number of nitrogens with two attached hydrogens (primary N) is 1. The fourth-order valence-electron chi connectivity index (χ4n) is 2.35. The molecule has 24 heavy (non-hydrogen) atoms. The maximum absolute atomic E-state index is 12.3. The number of benzene rings is 2. The van der Waals surface area contributed by atoms with E-state index < -0.39 is 5.92 Å². The average Bonchev–Trinajstić information content (AvgIpc) is 2.63. The smallest absolute Gasteiger partial charge is 0.315 e. The van der Waals surface area contributed by atoms with E-state index >= 15 is 0 Å². The molecule has 0 aliphatic rings. The molecule has 0 radical (unpaired) electrons. The SMILES string of the molecule is CCOC(=O)C(CNC(=O)c1ccc(CN)cc1)c1ccccc1. The molecule has 0 aliphatic carbocycles. The minimum Gasteiger partial charge on any atom is -0.465 e. The Morgan fingerprint density at radius 2 is 1.75 bits per heavy atom. The monoisotopic (exact) mass is 326 g/mol. The van der Waals surface area contributed by atoms with Gasteiger partial charge in [-0.25, -0.2) is 0 Å². The van der Waals surface area contributed by atoms with Crippen LogP contribution in [0.1, 0.15) is 34.3 Å². The lowest BCUT2D eigenvalue weighted by molar-refractivity contribution is -0.144. The first kappa shape index (κ1) is 17.7. The highest BCUT2D eigenvalue weighted by Gasteiger charge is 2.22. The predicted octanol–water partition coefficient (Wildman–Crippen LogP) is 2.22. The van der Waals surface area contributed by atoms with Gasteiger partial charge in [0, 0.05) is 18.7 Å². The van der Waals surface area contributed by atoms with Gasteiger partial charge < -0.3 is 15.8 Å². The van der Waals surface area contributed by atoms with E-state index in [-0.39, 0.29) is 18.4 Å². The first-order chi connectivity index (χ1) is 11.7. The summed E-state index contributed by atoms with van der Waals surface area (Å²) in [6.07, 6.45) is 0. The largest absolute Gasteiger partial charge is 0.465 e. The van der Waals surface area contributed by atoms with Crippen molar-refractivity contribution in [1.82, 2.24) is 5.32 Å². The second-order valence-corrected chi connectivity index (χ2v) is 5.33. The van der Waals surface area contributed by atoms with Crippen molar-refractivity contribution >= 4 is 11.9 Å². The van der Waals surface area contributed by atoms with Crippen molar-refractivity contribution in [3.63, 3.8) is 0 Å². The third-order valence-electron chi connectivity index (χ3n) is 3.69. The number of amides is 1. The van der Waals surface area contributed by atoms with Crippen molar-refractivity contribution in [1.29, 1.82) is 0 Å². The zero-order valence-corrected chi connectivity index (χ0v) is 13.7. The summed E-state index contributed by atoms with van der Waals surface area (Å²) >= 11 is 0. The topological polar surface area (TPSA) is 81.4 Å². The second kappa shape index (κ2) is 8.84. The van der Waals surface area contributed by atoms with Gasteiger partial charge in [0.15, 0.2) is 0 Å². The molecule has 5 heteroatoms. The highest BCUT2D eigenvalue weighted by atomic mass is 16.5. The van der Waals surface area contributed by atoms with Crippen LogP contribution in [0.5, 0.6) is 0 Å². The van der Waals surface area contributed by atoms with Gasteiger partial charge >= 0.3 is 5.97 Å². The van der Waals surface area contributed by atoms with E-state index in [0.29, 0.717) is 18.7 Å². The van der Waals surface area contributed by atoms with Crippen LogP contribution in [0, 0.1) is 0 Å². The molecule has 5 nitrogen and oxygen atoms in total. The van der Waals surface area contributed by atoms with Gasteiger partial charge in [-0.05, 0) is 30.2 Å². The lowest BCUT2D eigenvalue weighted by atomic mass is 9.99. The van der Waals surface area contributed by atoms with Crippen LogP contribution >= 0.6 is 0 Å². The number of ether oxygens (including phenoxy) is 1. The molecule has 0 bridgehead atoms. The van der Waals surface area contributed by atoms with Crippen molar-refractivity contribution in [2.45, 2.75) is 19.4 Å². The Labute approximate surface area is 141 Å². The predicted molar refractivity (Wildman–Crippen MR) is 92.5 cm³/mol. The number of hydrogen-bond acceptors (Lipinski definition) is 4. The molecule has 1 atom stereocenters. The standard InChI is InChI=1S/C19H22N2O3/c1-2-24-19(23)17(15-6-4-3-5-7-15)13-21-18(22)16-10-8-14(12-20)9-11-16/h3-11,17H,2,12-13,20H2,1H3,(H,21,22). The number of carbonyl (C=O) groups excluding carboxylic acids is 2. The van der Waals surface area contributed by atoms with Gasteiger partial charge in [-0.1, -0.05) is 42.5 Å². The number of carbonyl (C=O) groups is 2. The molecule has 0 spiro atoms. The fraction of sp³-hybridized carbons (Fsp3) is 0.263. The Hall–Kier alpha value is -2.66. The molecule has 2 aromatic rings. The van der Waals surface area contributed by atoms with E-state index in [1.807, 2.05) is 42.5 Å². The quantitative estimate of drug-likeness (QED) is 0.765. The van der Waals surface area contributed by atoms with Crippen LogP contribution in [-0.2, 0) is 16.1 Å². The van der Waals surface area contributed by atoms with Crippen molar-refractivity contribution < 1.29 is 14.3 Å². The first-order valence-electron chi connectivity index (χ1n) is 7.94. The molecule has 126 valence electrons. The molecule has 0 aliphatic heterocycles. The van der Waals surface area contributed by atoms with Crippen molar-refractivity contribution in [3.05, 3.63) is 71.3 Å². The molecular formula is C19H22N2O3. The Bertz CT molecular complexity index is 669. The zero-order valence-electron chi connectivity index (χ0n) is 13.7. The second-order valence-electron chi connectivity index (χ2n) is 5.33. The summed E-state index contributed by atoms with van der Waals surface area (Å²) in [5, 5.41) is 2.80. The Morgan fingerprint density at radius 1 is 1.08 bits per heavy atom. The van der Waals surface area contributed by atoms with Gasteiger partial charge in [0.05, 0.1) is 12.5 Å². The number of rotatable bonds is 7. The minimum absolute atomic E-state index is 0.181. The molecule has 0 aromatic heterocycles. The van der Waals surface area contributed by atoms with E-state index in [1.165, 1.54) is 0 Å². The van der Waals surface area contributed by atoms with Crippen molar-refractivity contribution in [3.8, 4) is 0 Å². The van der Waals surface area contributed by atoms with Crippen molar-refractivity contribution in [2.24, 2.45) is 5.73 Å². The molecule has 1 unspecified atom stereocenters. The summed E-state index contributed by atoms with van der Waals surface area (Å²) in [6.45, 7) is 2.68. The highest BCUT2D eigenvalue weighted by molar-refractivity contribution is 5.94. The zero-order chi connectivity index (χ0) is 17.4. The summed E-state index contributed by atoms with van der Waals surface area (Å²) in [6, 6.07) is 16.4. The summed E-state index contributed by atoms with van der Waals surface area (Å²) in [5.74, 6) is -1.11. The number of nitrogens with one attached hydrogen (secondary N) is 1. The number of hydrogen-bond donors (Lipinski definition) is 2. The van der Waals surface area contributed by atoms with Gasteiger partial charge in [-0.3, -0.25) is 9.59 Å². The van der Waals surface area contributed by atoms with Crippen LogP contribution in [0.25, 0.3) is 0 Å². The van der Waals surface area contributed by atoms with Gasteiger partial charge in [0.2, 0.25) is 0 Å². The first-order valence-corrected chi connectivity index (χ1v) is 7.94. The molecule has 3 N–H and O–H groups in total. The Balaban J connectivity index is 2.06. The van der Waals surface area contributed by atoms with Crippen molar-refractivity contribution in [2.75, 3.05) is 13.2 Å². The highest BCUT2D eigenvalue weighted by Crippen LogP contribution is 2.17. The van der Waals surface area contributed by atoms with Gasteiger partial charge in [-0.2, -0.15) is 0 Å². The van der Waals surface area contributed by atoms with Gasteiger partial charge in [0.25, 0.3) is 5.91 Å². The van der Waals surface area contributed by atoms with E-state index in [4.69, 9.17) is 10.5 Å². The van der Waals surface area contributed by atoms with Crippen LogP contribution < -0.4 is 11.1 Å². The van der Waals surface area contributed by atoms with Crippen LogP contribution in [0.15, 0.2) is 54.6 Å². The maximum atomic E-state index is 12.3. The van der Waals surface area contributed by atoms with Crippen LogP contribution in [0.4, 0.5) is 0 Å². The third kappa shape index (κ3) is 4.67. The number of esters is 1. The molecule has 1 amide bonds. The van der Waals surface area contributed by atoms with E-state index in [1.54, 1.807) is 19.1 Å². The van der Waals surface area contributed by atoms with Crippen LogP contribution in [0.2, 0.25) is 0 Å². The molecule has 2 aromatic carbocycles. The third-order valence-corrected chi connectivity index (χ3v) is 3.69. The average molecular weight is 326 g/mol. The summed E-state index contributed by atoms with van der Waals surface area (Å²) in [7, 11) is 0. The molecular weight excluding hydrogens is 304 g/mol. The lowest BCUT2D eigenvalue weighted by Gasteiger charge is -2.17. The fourth-order valence-corrected chi connectivity index (χ4v) is 2.35. The molecule has 0 saturated carbocycles. The Morgan fingerprint density at radius 3 is 2.33 bits per heavy atom. The summed E-state index contributed by atoms with van der Waals surface area (Å²) < 4.78 is 5.12. The lowest BCUT2D eigenvalue weighted by Crippen LogP contribution is -2.32. The molecule has 0 saturated heterocycles. The van der Waals surface area contributed by atoms with Gasteiger partial charge in [-0.15, -0.1) is 0 Å². The molecule has 0 heterocycles.